The number of likely N-dealkylation sites (N-methyl/N-ethyl adjacent to an activating group) is 1. The van der Waals surface area contributed by atoms with Gasteiger partial charge in [0.2, 0.25) is 5.91 Å². The molecule has 0 aromatic heterocycles. The summed E-state index contributed by atoms with van der Waals surface area (Å²) in [5.74, 6) is 0.889. The molecule has 0 aliphatic carbocycles. The molecular weight excluding hydrogens is 438 g/mol. The molecule has 1 aliphatic rings. The van der Waals surface area contributed by atoms with Crippen molar-refractivity contribution in [1.82, 2.24) is 15.1 Å². The highest BCUT2D eigenvalue weighted by Crippen LogP contribution is 2.36. The van der Waals surface area contributed by atoms with E-state index in [1.54, 1.807) is 19.3 Å². The number of benzene rings is 2. The van der Waals surface area contributed by atoms with Crippen LogP contribution >= 0.6 is 11.6 Å². The summed E-state index contributed by atoms with van der Waals surface area (Å²) in [6, 6.07) is 11.9. The molecule has 1 saturated heterocycles. The quantitative estimate of drug-likeness (QED) is 0.526. The summed E-state index contributed by atoms with van der Waals surface area (Å²) < 4.78 is 10.9. The molecule has 33 heavy (non-hydrogen) atoms. The number of hydrogen-bond donors (Lipinski definition) is 1. The maximum Gasteiger partial charge on any atom is 0.244 e. The maximum atomic E-state index is 12.5. The molecule has 2 aromatic carbocycles. The second-order valence-corrected chi connectivity index (χ2v) is 8.40. The van der Waals surface area contributed by atoms with Crippen molar-refractivity contribution < 1.29 is 14.3 Å². The molecule has 3 rings (SSSR count). The van der Waals surface area contributed by atoms with Crippen LogP contribution in [0.15, 0.2) is 42.5 Å². The van der Waals surface area contributed by atoms with E-state index < -0.39 is 0 Å². The Hall–Kier alpha value is -2.54. The van der Waals surface area contributed by atoms with Crippen molar-refractivity contribution >= 4 is 23.6 Å². The molecule has 0 spiro atoms. The van der Waals surface area contributed by atoms with Gasteiger partial charge in [0.1, 0.15) is 0 Å². The van der Waals surface area contributed by atoms with Gasteiger partial charge in [-0.05, 0) is 48.4 Å². The summed E-state index contributed by atoms with van der Waals surface area (Å²) in [5, 5.41) is 3.44. The van der Waals surface area contributed by atoms with Crippen LogP contribution in [0.3, 0.4) is 0 Å². The third-order valence-corrected chi connectivity index (χ3v) is 6.12. The van der Waals surface area contributed by atoms with E-state index in [1.807, 2.05) is 19.1 Å². The molecule has 1 amide bonds. The largest absolute Gasteiger partial charge is 0.491 e. The third kappa shape index (κ3) is 7.22. The lowest BCUT2D eigenvalue weighted by molar-refractivity contribution is -0.116. The van der Waals surface area contributed by atoms with Gasteiger partial charge < -0.3 is 19.7 Å². The van der Waals surface area contributed by atoms with Gasteiger partial charge in [-0.25, -0.2) is 0 Å². The van der Waals surface area contributed by atoms with Crippen LogP contribution in [-0.4, -0.2) is 62.1 Å². The number of amides is 1. The van der Waals surface area contributed by atoms with Gasteiger partial charge in [-0.1, -0.05) is 42.8 Å². The highest BCUT2D eigenvalue weighted by atomic mass is 35.5. The summed E-state index contributed by atoms with van der Waals surface area (Å²) in [6.45, 7) is 11.5. The Morgan fingerprint density at radius 1 is 1.09 bits per heavy atom. The van der Waals surface area contributed by atoms with Gasteiger partial charge in [-0.15, -0.1) is 0 Å². The molecule has 0 unspecified atom stereocenters. The Labute approximate surface area is 202 Å². The monoisotopic (exact) mass is 471 g/mol. The molecule has 1 N–H and O–H groups in total. The van der Waals surface area contributed by atoms with Crippen LogP contribution in [0.25, 0.3) is 6.08 Å². The number of rotatable bonds is 10. The molecule has 6 nitrogen and oxygen atoms in total. The Bertz CT molecular complexity index is 956. The molecule has 7 heteroatoms. The van der Waals surface area contributed by atoms with Crippen molar-refractivity contribution in [3.63, 3.8) is 0 Å². The van der Waals surface area contributed by atoms with Gasteiger partial charge in [0.05, 0.1) is 18.7 Å². The first-order valence-electron chi connectivity index (χ1n) is 11.5. The van der Waals surface area contributed by atoms with Crippen molar-refractivity contribution in [2.45, 2.75) is 26.9 Å². The number of ether oxygens (including phenoxy) is 2. The van der Waals surface area contributed by atoms with Crippen molar-refractivity contribution in [2.75, 3.05) is 46.4 Å². The van der Waals surface area contributed by atoms with Crippen LogP contribution in [0.2, 0.25) is 5.02 Å². The summed E-state index contributed by atoms with van der Waals surface area (Å²) in [7, 11) is 1.55. The van der Waals surface area contributed by atoms with Crippen molar-refractivity contribution in [1.29, 1.82) is 0 Å². The van der Waals surface area contributed by atoms with E-state index in [1.165, 1.54) is 11.6 Å². The zero-order valence-electron chi connectivity index (χ0n) is 19.8. The predicted molar refractivity (Wildman–Crippen MR) is 134 cm³/mol. The van der Waals surface area contributed by atoms with E-state index in [2.05, 4.69) is 40.2 Å². The fourth-order valence-electron chi connectivity index (χ4n) is 3.95. The first-order chi connectivity index (χ1) is 16.0. The van der Waals surface area contributed by atoms with Crippen molar-refractivity contribution in [3.8, 4) is 11.5 Å². The van der Waals surface area contributed by atoms with E-state index >= 15 is 0 Å². The van der Waals surface area contributed by atoms with Crippen molar-refractivity contribution in [2.24, 2.45) is 0 Å². The zero-order chi connectivity index (χ0) is 23.6. The molecule has 0 radical (unpaired) electrons. The van der Waals surface area contributed by atoms with E-state index in [0.29, 0.717) is 29.7 Å². The van der Waals surface area contributed by atoms with Crippen LogP contribution in [0, 0.1) is 0 Å². The number of hydrogen-bond acceptors (Lipinski definition) is 5. The fourth-order valence-corrected chi connectivity index (χ4v) is 4.24. The van der Waals surface area contributed by atoms with Crippen LogP contribution in [-0.2, 0) is 17.9 Å². The Balaban J connectivity index is 1.59. The first kappa shape index (κ1) is 25.1. The average molecular weight is 472 g/mol. The van der Waals surface area contributed by atoms with Crippen LogP contribution in [0.4, 0.5) is 0 Å². The second kappa shape index (κ2) is 12.6. The third-order valence-electron chi connectivity index (χ3n) is 5.84. The standard InChI is InChI=1S/C26H34ClN3O3/c1-4-29-12-14-30(15-13-29)19-22-9-7-6-8-21(22)18-28-25(31)11-10-20-16-23(27)26(32-3)24(17-20)33-5-2/h6-11,16-17H,4-5,12-15,18-19H2,1-3H3,(H,28,31)/b11-10+. The number of piperazine rings is 1. The molecule has 0 bridgehead atoms. The number of halogens is 1. The van der Waals surface area contributed by atoms with Gasteiger partial charge in [-0.3, -0.25) is 9.69 Å². The average Bonchev–Trinajstić information content (AvgIpc) is 2.83. The number of nitrogens with zero attached hydrogens (tertiary/aromatic N) is 2. The van der Waals surface area contributed by atoms with Crippen molar-refractivity contribution in [3.05, 3.63) is 64.2 Å². The number of nitrogens with one attached hydrogen (secondary N) is 1. The summed E-state index contributed by atoms with van der Waals surface area (Å²) in [5.41, 5.74) is 3.17. The lowest BCUT2D eigenvalue weighted by atomic mass is 10.1. The lowest BCUT2D eigenvalue weighted by Crippen LogP contribution is -2.45. The molecular formula is C26H34ClN3O3. The number of carbonyl (C=O) groups is 1. The van der Waals surface area contributed by atoms with E-state index in [-0.39, 0.29) is 5.91 Å². The summed E-state index contributed by atoms with van der Waals surface area (Å²) >= 11 is 6.29. The molecule has 1 aliphatic heterocycles. The summed E-state index contributed by atoms with van der Waals surface area (Å²) in [6.07, 6.45) is 3.24. The predicted octanol–water partition coefficient (Wildman–Crippen LogP) is 4.21. The first-order valence-corrected chi connectivity index (χ1v) is 11.9. The van der Waals surface area contributed by atoms with Crippen LogP contribution in [0.5, 0.6) is 11.5 Å². The van der Waals surface area contributed by atoms with Gasteiger partial charge in [0.25, 0.3) is 0 Å². The molecule has 1 heterocycles. The summed E-state index contributed by atoms with van der Waals surface area (Å²) in [4.78, 5) is 17.4. The molecule has 2 aromatic rings. The number of carbonyl (C=O) groups excluding carboxylic acids is 1. The Morgan fingerprint density at radius 3 is 2.45 bits per heavy atom. The van der Waals surface area contributed by atoms with E-state index in [4.69, 9.17) is 21.1 Å². The molecule has 1 fully saturated rings. The highest BCUT2D eigenvalue weighted by molar-refractivity contribution is 6.32. The maximum absolute atomic E-state index is 12.5. The minimum atomic E-state index is -0.161. The number of methoxy groups -OCH3 is 1. The molecule has 0 saturated carbocycles. The fraction of sp³-hybridized carbons (Fsp3) is 0.423. The van der Waals surface area contributed by atoms with Gasteiger partial charge in [0.15, 0.2) is 11.5 Å². The topological polar surface area (TPSA) is 54.0 Å². The smallest absolute Gasteiger partial charge is 0.244 e. The van der Waals surface area contributed by atoms with E-state index in [9.17, 15) is 4.79 Å². The Kier molecular flexibility index (Phi) is 9.61. The normalized spacial score (nSPS) is 15.0. The zero-order valence-corrected chi connectivity index (χ0v) is 20.5. The van der Waals surface area contributed by atoms with Gasteiger partial charge in [-0.2, -0.15) is 0 Å². The van der Waals surface area contributed by atoms with E-state index in [0.717, 1.165) is 50.4 Å². The molecule has 0 atom stereocenters. The van der Waals surface area contributed by atoms with Crippen LogP contribution < -0.4 is 14.8 Å². The van der Waals surface area contributed by atoms with Crippen LogP contribution in [0.1, 0.15) is 30.5 Å². The SMILES string of the molecule is CCOc1cc(/C=C/C(=O)NCc2ccccc2CN2CCN(CC)CC2)cc(Cl)c1OC. The minimum absolute atomic E-state index is 0.161. The lowest BCUT2D eigenvalue weighted by Gasteiger charge is -2.34. The minimum Gasteiger partial charge on any atom is -0.491 e. The van der Waals surface area contributed by atoms with Gasteiger partial charge in [0, 0.05) is 45.3 Å². The molecule has 178 valence electrons. The highest BCUT2D eigenvalue weighted by Gasteiger charge is 2.16. The Morgan fingerprint density at radius 2 is 1.79 bits per heavy atom. The second-order valence-electron chi connectivity index (χ2n) is 8.00. The van der Waals surface area contributed by atoms with Gasteiger partial charge >= 0.3 is 0 Å².